The molecule has 0 amide bonds. The Hall–Kier alpha value is -7.19. The van der Waals surface area contributed by atoms with Crippen LogP contribution in [0.3, 0.4) is 0 Å². The second-order valence-corrected chi connectivity index (χ2v) is 42.3. The van der Waals surface area contributed by atoms with Gasteiger partial charge in [0.05, 0.1) is 0 Å². The number of benzene rings is 7. The number of hydrogen-bond donors (Lipinski definition) is 0. The van der Waals surface area contributed by atoms with Gasteiger partial charge in [-0.15, -0.1) is 26.3 Å². The maximum absolute atomic E-state index is 13.9. The van der Waals surface area contributed by atoms with E-state index in [2.05, 4.69) is 63.1 Å². The number of aryl methyl sites for hydroxylation is 1. The Morgan fingerprint density at radius 2 is 0.481 bits per heavy atom. The standard InChI is InChI=1S/C25H29F3.C21H29F3.C20H25F5O.C20H27F3O.C13H15F3.C13H16F2.10H2/c1-16-2-4-17(5-3-16)18-6-8-19(9-7-18)20-10-12-21(13-11-20)22-14-23(26)25(28)24(27)15-22;1-14-2-8-17(9-3-14)18-10-6-15(7-11-18)4-5-16-12-19(22)21(24)20(23)13-16;1-12-2-4-13(5-3-12)14-6-8-15(9-7-14)16-10-17(21)19(18(22)11-16)26-20(23,24)25;1-14-2-4-15(5-3-14)16-6-8-17(9-7-16)18-10-12-19(13-11-18)24-20(21,22)23;1-8-2-4-9(5-3-8)10-6-11(14)13(16)12(15)7-10;1-9-2-4-10(5-3-9)11-6-7-12(14)13(15)8-11;;;;;;;;;;/h10-19H,2-9H2,1H3;12-15,17-18H,2-11H2,1H3;10-15H,2-9H2,1H3;10-17H,2-9H2,1H3;6-9H,2-5H2,1H3;6-10H,2-5H2,1H3;10*1H. The predicted octanol–water partition coefficient (Wildman–Crippen LogP) is 39.3. The summed E-state index contributed by atoms with van der Waals surface area (Å²) in [6, 6.07) is 27.4. The Labute approximate surface area is 793 Å². The molecule has 10 aliphatic rings. The highest BCUT2D eigenvalue weighted by atomic mass is 19.4. The van der Waals surface area contributed by atoms with Gasteiger partial charge in [0.2, 0.25) is 5.75 Å². The Kier molecular flexibility index (Phi) is 38.9. The van der Waals surface area contributed by atoms with Gasteiger partial charge in [-0.2, -0.15) is 0 Å². The molecule has 10 fully saturated rings. The van der Waals surface area contributed by atoms with Gasteiger partial charge in [0.25, 0.3) is 0 Å². The molecule has 0 N–H and O–H groups in total. The summed E-state index contributed by atoms with van der Waals surface area (Å²) in [6.45, 7) is 13.8. The first-order valence-corrected chi connectivity index (χ1v) is 50.5. The van der Waals surface area contributed by atoms with E-state index in [0.29, 0.717) is 69.7 Å². The van der Waals surface area contributed by atoms with Crippen LogP contribution in [0.25, 0.3) is 11.1 Å². The van der Waals surface area contributed by atoms with Crippen molar-refractivity contribution < 1.29 is 107 Å². The molecule has 0 saturated heterocycles. The monoisotopic (exact) mass is 1900 g/mol. The molecule has 17 rings (SSSR count). The Morgan fingerprint density at radius 3 is 0.805 bits per heavy atom. The van der Waals surface area contributed by atoms with Crippen molar-refractivity contribution in [3.63, 3.8) is 0 Å². The third kappa shape index (κ3) is 31.4. The highest BCUT2D eigenvalue weighted by molar-refractivity contribution is 5.64. The Bertz CT molecular complexity index is 4640. The Morgan fingerprint density at radius 1 is 0.233 bits per heavy atom. The number of halogens is 19. The third-order valence-corrected chi connectivity index (χ3v) is 32.9. The second kappa shape index (κ2) is 49.4. The fourth-order valence-corrected chi connectivity index (χ4v) is 24.3. The summed E-state index contributed by atoms with van der Waals surface area (Å²) in [6.07, 6.45) is 41.1. The molecule has 0 atom stereocenters. The number of alkyl halides is 6. The van der Waals surface area contributed by atoms with E-state index in [9.17, 15) is 83.4 Å². The van der Waals surface area contributed by atoms with Crippen LogP contribution in [0.2, 0.25) is 0 Å². The minimum Gasteiger partial charge on any atom is -0.406 e. The fourth-order valence-electron chi connectivity index (χ4n) is 24.3. The molecular formula is C112H161F19O2. The van der Waals surface area contributed by atoms with Gasteiger partial charge in [-0.25, -0.2) is 57.1 Å². The lowest BCUT2D eigenvalue weighted by atomic mass is 9.68. The minimum atomic E-state index is -5.11. The minimum absolute atomic E-state index is 0. The normalized spacial score (nSPS) is 29.3. The van der Waals surface area contributed by atoms with E-state index < -0.39 is 94.1 Å². The van der Waals surface area contributed by atoms with Crippen molar-refractivity contribution in [1.29, 1.82) is 0 Å². The molecule has 10 aliphatic carbocycles. The van der Waals surface area contributed by atoms with Crippen LogP contribution in [0.1, 0.15) is 382 Å². The SMILES string of the molecule is CC1CCC(C2CCC(CCc3cc(F)c(F)c(F)c3)CC2)CC1.CC1CCC(C2CCC(c3cc(F)c(OC(F)(F)F)c(F)c3)CC2)CC1.CC1CCC(C2CCC(c3ccc(-c4cc(F)c(F)c(F)c4)cc3)CC2)CC1.CC1CCC(C2CCC(c3ccc(OC(F)(F)F)cc3)CC2)CC1.CC1CCC(c2cc(F)c(F)c(F)c2)CC1.CC1CCC(c2ccc(F)c(F)c2)CC1.[HH].[HH].[HH].[HH].[HH].[HH].[HH].[HH].[HH].[HH]. The van der Waals surface area contributed by atoms with Gasteiger partial charge in [-0.05, 0) is 415 Å². The first-order valence-electron chi connectivity index (χ1n) is 50.5. The summed E-state index contributed by atoms with van der Waals surface area (Å²) in [5.41, 5.74) is 6.12. The predicted molar refractivity (Wildman–Crippen MR) is 511 cm³/mol. The molecular weight excluding hydrogens is 1740 g/mol. The van der Waals surface area contributed by atoms with Crippen LogP contribution < -0.4 is 9.47 Å². The van der Waals surface area contributed by atoms with Crippen molar-refractivity contribution in [2.75, 3.05) is 0 Å². The molecule has 2 nitrogen and oxygen atoms in total. The summed E-state index contributed by atoms with van der Waals surface area (Å²) in [5, 5.41) is 0. The summed E-state index contributed by atoms with van der Waals surface area (Å²) in [4.78, 5) is 0. The first kappa shape index (κ1) is 105. The smallest absolute Gasteiger partial charge is 0.406 e. The molecule has 0 spiro atoms. The van der Waals surface area contributed by atoms with Gasteiger partial charge in [0.15, 0.2) is 75.6 Å². The van der Waals surface area contributed by atoms with E-state index in [1.54, 1.807) is 18.2 Å². The molecule has 0 bridgehead atoms. The van der Waals surface area contributed by atoms with Crippen LogP contribution in [0.15, 0.2) is 115 Å². The van der Waals surface area contributed by atoms with Crippen molar-refractivity contribution in [2.24, 2.45) is 88.8 Å². The average Bonchev–Trinajstić information content (AvgIpc) is 0.801. The Balaban J connectivity index is 0.000000578. The molecule has 0 unspecified atom stereocenters. The van der Waals surface area contributed by atoms with Crippen molar-refractivity contribution >= 4 is 0 Å². The van der Waals surface area contributed by atoms with Crippen molar-refractivity contribution in [2.45, 2.75) is 354 Å². The van der Waals surface area contributed by atoms with E-state index in [0.717, 1.165) is 214 Å². The zero-order chi connectivity index (χ0) is 95.4. The lowest BCUT2D eigenvalue weighted by molar-refractivity contribution is -0.277. The second-order valence-electron chi connectivity index (χ2n) is 42.3. The molecule has 0 aliphatic heterocycles. The molecule has 133 heavy (non-hydrogen) atoms. The van der Waals surface area contributed by atoms with Crippen LogP contribution >= 0.6 is 0 Å². The van der Waals surface area contributed by atoms with E-state index in [4.69, 9.17) is 0 Å². The topological polar surface area (TPSA) is 18.5 Å². The van der Waals surface area contributed by atoms with E-state index in [-0.39, 0.29) is 31.9 Å². The summed E-state index contributed by atoms with van der Waals surface area (Å²) in [7, 11) is 0. The molecule has 7 aromatic carbocycles. The third-order valence-electron chi connectivity index (χ3n) is 32.9. The maximum Gasteiger partial charge on any atom is 0.573 e. The van der Waals surface area contributed by atoms with Gasteiger partial charge in [-0.3, -0.25) is 0 Å². The number of ether oxygens (including phenoxy) is 2. The largest absolute Gasteiger partial charge is 0.573 e. The van der Waals surface area contributed by atoms with Crippen LogP contribution in [-0.4, -0.2) is 12.7 Å². The molecule has 10 saturated carbocycles. The molecule has 0 radical (unpaired) electrons. The van der Waals surface area contributed by atoms with Crippen LogP contribution in [0, 0.1) is 164 Å². The molecule has 0 heterocycles. The summed E-state index contributed by atoms with van der Waals surface area (Å²) in [5.74, 6) is -2.08. The first-order chi connectivity index (χ1) is 63.4. The maximum atomic E-state index is 13.9. The van der Waals surface area contributed by atoms with Gasteiger partial charge in [0.1, 0.15) is 5.75 Å². The van der Waals surface area contributed by atoms with Crippen molar-refractivity contribution in [3.8, 4) is 22.6 Å². The molecule has 7 aromatic rings. The highest BCUT2D eigenvalue weighted by Crippen LogP contribution is 2.51. The average molecular weight is 1900 g/mol. The van der Waals surface area contributed by atoms with Crippen molar-refractivity contribution in [3.05, 3.63) is 224 Å². The van der Waals surface area contributed by atoms with Crippen LogP contribution in [0.5, 0.6) is 11.5 Å². The number of hydrogen-bond acceptors (Lipinski definition) is 2. The highest BCUT2D eigenvalue weighted by Gasteiger charge is 2.39. The van der Waals surface area contributed by atoms with E-state index in [1.165, 1.54) is 210 Å². The fraction of sp³-hybridized carbons (Fsp3) is 0.625. The zero-order valence-corrected chi connectivity index (χ0v) is 78.7. The van der Waals surface area contributed by atoms with Crippen LogP contribution in [0.4, 0.5) is 83.4 Å². The molecule has 754 valence electrons. The van der Waals surface area contributed by atoms with Gasteiger partial charge in [-0.1, -0.05) is 174 Å². The quantitative estimate of drug-likeness (QED) is 0.0752. The summed E-state index contributed by atoms with van der Waals surface area (Å²) < 4.78 is 253. The van der Waals surface area contributed by atoms with Gasteiger partial charge >= 0.3 is 12.7 Å². The van der Waals surface area contributed by atoms with E-state index in [1.807, 2.05) is 12.1 Å². The lowest BCUT2D eigenvalue weighted by Crippen LogP contribution is -2.25. The van der Waals surface area contributed by atoms with Gasteiger partial charge < -0.3 is 9.47 Å². The lowest BCUT2D eigenvalue weighted by Gasteiger charge is -2.37. The van der Waals surface area contributed by atoms with Gasteiger partial charge in [0, 0.05) is 14.3 Å². The summed E-state index contributed by atoms with van der Waals surface area (Å²) >= 11 is 0. The zero-order valence-electron chi connectivity index (χ0n) is 78.7. The molecule has 21 heteroatoms. The van der Waals surface area contributed by atoms with Crippen molar-refractivity contribution in [1.82, 2.24) is 0 Å². The van der Waals surface area contributed by atoms with E-state index >= 15 is 0 Å². The molecule has 0 aromatic heterocycles. The number of rotatable bonds is 15. The van der Waals surface area contributed by atoms with Crippen LogP contribution in [-0.2, 0) is 6.42 Å².